The van der Waals surface area contributed by atoms with Gasteiger partial charge in [0.1, 0.15) is 11.8 Å². The zero-order chi connectivity index (χ0) is 15.8. The van der Waals surface area contributed by atoms with E-state index in [9.17, 15) is 5.11 Å². The Labute approximate surface area is 135 Å². The molecule has 3 nitrogen and oxygen atoms in total. The van der Waals surface area contributed by atoms with Gasteiger partial charge < -0.3 is 9.84 Å². The number of aromatic nitrogens is 1. The fourth-order valence-electron chi connectivity index (χ4n) is 1.89. The number of pyridine rings is 1. The first kappa shape index (κ1) is 16.3. The van der Waals surface area contributed by atoms with Crippen LogP contribution in [0.3, 0.4) is 0 Å². The van der Waals surface area contributed by atoms with E-state index in [0.29, 0.717) is 18.1 Å². The van der Waals surface area contributed by atoms with Gasteiger partial charge in [0.15, 0.2) is 5.76 Å². The summed E-state index contributed by atoms with van der Waals surface area (Å²) in [5.41, 5.74) is 1.59. The molecule has 1 aromatic heterocycles. The van der Waals surface area contributed by atoms with Crippen molar-refractivity contribution >= 4 is 23.4 Å². The van der Waals surface area contributed by atoms with Crippen LogP contribution in [0.15, 0.2) is 65.8 Å². The topological polar surface area (TPSA) is 42.4 Å². The zero-order valence-corrected chi connectivity index (χ0v) is 13.1. The second kappa shape index (κ2) is 8.37. The van der Waals surface area contributed by atoms with E-state index in [1.54, 1.807) is 18.3 Å². The largest absolute Gasteiger partial charge is 0.490 e. The molecule has 22 heavy (non-hydrogen) atoms. The van der Waals surface area contributed by atoms with Crippen molar-refractivity contribution in [1.29, 1.82) is 0 Å². The molecule has 1 unspecified atom stereocenters. The first-order chi connectivity index (χ1) is 10.7. The fourth-order valence-corrected chi connectivity index (χ4v) is 2.12. The second-order valence-electron chi connectivity index (χ2n) is 4.54. The maximum Gasteiger partial charge on any atom is 0.162 e. The van der Waals surface area contributed by atoms with E-state index in [-0.39, 0.29) is 5.03 Å². The van der Waals surface area contributed by atoms with Crippen LogP contribution in [0.25, 0.3) is 11.8 Å². The van der Waals surface area contributed by atoms with Crippen LogP contribution in [-0.2, 0) is 4.74 Å². The van der Waals surface area contributed by atoms with Gasteiger partial charge in [0.05, 0.1) is 11.6 Å². The van der Waals surface area contributed by atoms with Crippen LogP contribution in [0.4, 0.5) is 0 Å². The molecule has 0 bridgehead atoms. The molecule has 2 aromatic rings. The third kappa shape index (κ3) is 4.45. The first-order valence-corrected chi connectivity index (χ1v) is 7.45. The molecule has 114 valence electrons. The normalized spacial score (nSPS) is 13.8. The van der Waals surface area contributed by atoms with Crippen LogP contribution in [-0.4, -0.2) is 22.8 Å². The highest BCUT2D eigenvalue weighted by Gasteiger charge is 2.15. The Morgan fingerprint density at radius 3 is 2.59 bits per heavy atom. The lowest BCUT2D eigenvalue weighted by molar-refractivity contribution is 0.253. The summed E-state index contributed by atoms with van der Waals surface area (Å²) in [5.74, 6) is 0.398. The van der Waals surface area contributed by atoms with Crippen LogP contribution >= 0.6 is 11.6 Å². The van der Waals surface area contributed by atoms with E-state index >= 15 is 0 Å². The van der Waals surface area contributed by atoms with Crippen molar-refractivity contribution in [1.82, 2.24) is 4.98 Å². The van der Waals surface area contributed by atoms with Crippen LogP contribution in [0, 0.1) is 0 Å². The van der Waals surface area contributed by atoms with E-state index < -0.39 is 6.10 Å². The number of halogens is 1. The van der Waals surface area contributed by atoms with Gasteiger partial charge in [-0.3, -0.25) is 4.98 Å². The number of nitrogens with zero attached hydrogens (tertiary/aromatic N) is 1. The van der Waals surface area contributed by atoms with E-state index in [1.165, 1.54) is 0 Å². The highest BCUT2D eigenvalue weighted by molar-refractivity contribution is 6.33. The zero-order valence-electron chi connectivity index (χ0n) is 12.3. The number of hydrogen-bond donors (Lipinski definition) is 1. The molecule has 4 heteroatoms. The van der Waals surface area contributed by atoms with Crippen molar-refractivity contribution in [3.63, 3.8) is 0 Å². The summed E-state index contributed by atoms with van der Waals surface area (Å²) in [4.78, 5) is 4.22. The highest BCUT2D eigenvalue weighted by atomic mass is 35.5. The van der Waals surface area contributed by atoms with Gasteiger partial charge >= 0.3 is 0 Å². The standard InChI is InChI=1S/C18H18ClNO2/c1-2-22-18(15-10-6-7-13-20-15)17(19)16(21)12-11-14-8-4-3-5-9-14/h3-13,16,21H,2H2,1H3/b12-11+,18-17+. The number of ether oxygens (including phenoxy) is 1. The number of benzene rings is 1. The van der Waals surface area contributed by atoms with Gasteiger partial charge in [-0.25, -0.2) is 0 Å². The van der Waals surface area contributed by atoms with Gasteiger partial charge in [0, 0.05) is 6.20 Å². The number of hydrogen-bond acceptors (Lipinski definition) is 3. The smallest absolute Gasteiger partial charge is 0.162 e. The van der Waals surface area contributed by atoms with E-state index in [0.717, 1.165) is 5.56 Å². The molecule has 0 fully saturated rings. The molecular weight excluding hydrogens is 298 g/mol. The van der Waals surface area contributed by atoms with Crippen LogP contribution in [0.2, 0.25) is 0 Å². The van der Waals surface area contributed by atoms with Crippen LogP contribution in [0.5, 0.6) is 0 Å². The SMILES string of the molecule is CCO/C(=C(/Cl)C(O)/C=C/c1ccccc1)c1ccccn1. The number of rotatable bonds is 6. The molecule has 1 heterocycles. The van der Waals surface area contributed by atoms with E-state index in [2.05, 4.69) is 4.98 Å². The summed E-state index contributed by atoms with van der Waals surface area (Å²) in [6, 6.07) is 15.2. The Hall–Kier alpha value is -2.10. The summed E-state index contributed by atoms with van der Waals surface area (Å²) in [6.07, 6.45) is 4.14. The van der Waals surface area contributed by atoms with E-state index in [1.807, 2.05) is 55.5 Å². The average Bonchev–Trinajstić information content (AvgIpc) is 2.58. The van der Waals surface area contributed by atoms with Gasteiger partial charge in [0.2, 0.25) is 0 Å². The lowest BCUT2D eigenvalue weighted by Crippen LogP contribution is -2.07. The first-order valence-electron chi connectivity index (χ1n) is 7.07. The Morgan fingerprint density at radius 2 is 1.95 bits per heavy atom. The summed E-state index contributed by atoms with van der Waals surface area (Å²) < 4.78 is 5.55. The molecule has 0 aliphatic carbocycles. The summed E-state index contributed by atoms with van der Waals surface area (Å²) in [7, 11) is 0. The van der Waals surface area contributed by atoms with Gasteiger partial charge in [-0.2, -0.15) is 0 Å². The molecule has 0 radical (unpaired) electrons. The van der Waals surface area contributed by atoms with Crippen molar-refractivity contribution in [2.45, 2.75) is 13.0 Å². The second-order valence-corrected chi connectivity index (χ2v) is 4.95. The fraction of sp³-hybridized carbons (Fsp3) is 0.167. The third-order valence-corrected chi connectivity index (χ3v) is 3.33. The predicted molar refractivity (Wildman–Crippen MR) is 90.1 cm³/mol. The van der Waals surface area contributed by atoms with Gasteiger partial charge in [-0.15, -0.1) is 0 Å². The molecule has 2 rings (SSSR count). The molecule has 1 atom stereocenters. The Bertz CT molecular complexity index is 639. The highest BCUT2D eigenvalue weighted by Crippen LogP contribution is 2.24. The molecule has 0 aliphatic heterocycles. The van der Waals surface area contributed by atoms with Crippen molar-refractivity contribution in [3.8, 4) is 0 Å². The molecule has 1 aromatic carbocycles. The van der Waals surface area contributed by atoms with Crippen LogP contribution < -0.4 is 0 Å². The maximum atomic E-state index is 10.3. The van der Waals surface area contributed by atoms with Gasteiger partial charge in [0.25, 0.3) is 0 Å². The number of aliphatic hydroxyl groups excluding tert-OH is 1. The predicted octanol–water partition coefficient (Wildman–Crippen LogP) is 4.10. The Kier molecular flexibility index (Phi) is 6.19. The third-order valence-electron chi connectivity index (χ3n) is 2.93. The average molecular weight is 316 g/mol. The van der Waals surface area contributed by atoms with Gasteiger partial charge in [-0.1, -0.05) is 60.2 Å². The van der Waals surface area contributed by atoms with Crippen molar-refractivity contribution in [2.24, 2.45) is 0 Å². The van der Waals surface area contributed by atoms with Crippen molar-refractivity contribution in [2.75, 3.05) is 6.61 Å². The minimum Gasteiger partial charge on any atom is -0.490 e. The molecule has 0 aliphatic rings. The molecule has 0 saturated heterocycles. The summed E-state index contributed by atoms with van der Waals surface area (Å²) in [5, 5.41) is 10.5. The number of aliphatic hydroxyl groups is 1. The molecule has 1 N–H and O–H groups in total. The summed E-state index contributed by atoms with van der Waals surface area (Å²) >= 11 is 6.29. The lowest BCUT2D eigenvalue weighted by atomic mass is 10.1. The molecule has 0 saturated carbocycles. The lowest BCUT2D eigenvalue weighted by Gasteiger charge is -2.13. The molecular formula is C18H18ClNO2. The van der Waals surface area contributed by atoms with Crippen molar-refractivity contribution in [3.05, 3.63) is 77.1 Å². The minimum absolute atomic E-state index is 0.215. The quantitative estimate of drug-likeness (QED) is 0.816. The Balaban J connectivity index is 2.24. The van der Waals surface area contributed by atoms with Crippen molar-refractivity contribution < 1.29 is 9.84 Å². The van der Waals surface area contributed by atoms with E-state index in [4.69, 9.17) is 16.3 Å². The molecule has 0 spiro atoms. The monoisotopic (exact) mass is 315 g/mol. The Morgan fingerprint density at radius 1 is 1.23 bits per heavy atom. The minimum atomic E-state index is -0.953. The maximum absolute atomic E-state index is 10.3. The molecule has 0 amide bonds. The van der Waals surface area contributed by atoms with Gasteiger partial charge in [-0.05, 0) is 24.6 Å². The summed E-state index contributed by atoms with van der Waals surface area (Å²) in [6.45, 7) is 2.30. The van der Waals surface area contributed by atoms with Crippen LogP contribution in [0.1, 0.15) is 18.2 Å².